The molecule has 0 aliphatic rings. The number of methoxy groups -OCH3 is 1. The Labute approximate surface area is 172 Å². The lowest BCUT2D eigenvalue weighted by molar-refractivity contribution is -0.148. The van der Waals surface area contributed by atoms with Gasteiger partial charge in [0.1, 0.15) is 6.61 Å². The van der Waals surface area contributed by atoms with Crippen molar-refractivity contribution in [3.63, 3.8) is 0 Å². The van der Waals surface area contributed by atoms with Gasteiger partial charge in [-0.05, 0) is 42.8 Å². The number of halogens is 2. The summed E-state index contributed by atoms with van der Waals surface area (Å²) >= 11 is 0. The predicted octanol–water partition coefficient (Wildman–Crippen LogP) is 4.12. The van der Waals surface area contributed by atoms with E-state index in [-0.39, 0.29) is 5.69 Å². The number of benzene rings is 2. The molecule has 0 spiro atoms. The molecule has 158 valence electrons. The van der Waals surface area contributed by atoms with Crippen molar-refractivity contribution in [2.75, 3.05) is 19.0 Å². The highest BCUT2D eigenvalue weighted by Crippen LogP contribution is 2.28. The number of hydrogen-bond acceptors (Lipinski definition) is 5. The van der Waals surface area contributed by atoms with Gasteiger partial charge in [-0.15, -0.1) is 0 Å². The van der Waals surface area contributed by atoms with Gasteiger partial charge in [0, 0.05) is 17.8 Å². The zero-order valence-electron chi connectivity index (χ0n) is 16.5. The monoisotopic (exact) mass is 417 g/mol. The Balaban J connectivity index is 1.95. The van der Waals surface area contributed by atoms with Crippen molar-refractivity contribution in [1.82, 2.24) is 0 Å². The number of ether oxygens (including phenoxy) is 3. The van der Waals surface area contributed by atoms with E-state index in [1.54, 1.807) is 24.3 Å². The van der Waals surface area contributed by atoms with Gasteiger partial charge in [0.2, 0.25) is 0 Å². The van der Waals surface area contributed by atoms with E-state index in [1.807, 2.05) is 0 Å². The Hall–Kier alpha value is -3.68. The molecule has 0 heterocycles. The number of rotatable bonds is 9. The van der Waals surface area contributed by atoms with Crippen molar-refractivity contribution < 1.29 is 32.6 Å². The highest BCUT2D eigenvalue weighted by atomic mass is 19.2. The van der Waals surface area contributed by atoms with E-state index < -0.39 is 29.6 Å². The van der Waals surface area contributed by atoms with Gasteiger partial charge in [-0.2, -0.15) is 0 Å². The summed E-state index contributed by atoms with van der Waals surface area (Å²) in [5, 5.41) is 2.34. The summed E-state index contributed by atoms with van der Waals surface area (Å²) in [7, 11) is 1.49. The maximum absolute atomic E-state index is 13.2. The van der Waals surface area contributed by atoms with E-state index in [9.17, 15) is 18.4 Å². The molecule has 0 unspecified atom stereocenters. The average molecular weight is 417 g/mol. The molecule has 2 aromatic rings. The van der Waals surface area contributed by atoms with Gasteiger partial charge in [0.05, 0.1) is 7.11 Å². The molecule has 30 heavy (non-hydrogen) atoms. The fourth-order valence-corrected chi connectivity index (χ4v) is 2.30. The van der Waals surface area contributed by atoms with E-state index in [4.69, 9.17) is 14.2 Å². The first-order valence-corrected chi connectivity index (χ1v) is 8.90. The lowest BCUT2D eigenvalue weighted by Crippen LogP contribution is -2.29. The molecule has 1 N–H and O–H groups in total. The highest BCUT2D eigenvalue weighted by Gasteiger charge is 2.17. The van der Waals surface area contributed by atoms with Crippen LogP contribution in [-0.4, -0.2) is 31.7 Å². The Morgan fingerprint density at radius 2 is 1.90 bits per heavy atom. The number of hydrogen-bond donors (Lipinski definition) is 1. The lowest BCUT2D eigenvalue weighted by atomic mass is 10.2. The summed E-state index contributed by atoms with van der Waals surface area (Å²) < 4.78 is 41.9. The molecule has 0 saturated heterocycles. The molecule has 0 aliphatic heterocycles. The minimum Gasteiger partial charge on any atom is -0.493 e. The van der Waals surface area contributed by atoms with Crippen molar-refractivity contribution in [1.29, 1.82) is 0 Å². The SMILES string of the molecule is C=CCOc1ccc(/C=C/C(=O)O[C@@H](C)C(=O)Nc2ccc(F)c(F)c2)cc1OC. The van der Waals surface area contributed by atoms with Crippen LogP contribution in [0.15, 0.2) is 55.1 Å². The van der Waals surface area contributed by atoms with Crippen LogP contribution in [0.1, 0.15) is 12.5 Å². The number of nitrogens with one attached hydrogen (secondary N) is 1. The minimum absolute atomic E-state index is 0.0446. The van der Waals surface area contributed by atoms with Crippen molar-refractivity contribution in [2.24, 2.45) is 0 Å². The molecule has 0 aliphatic carbocycles. The summed E-state index contributed by atoms with van der Waals surface area (Å²) in [6, 6.07) is 7.97. The Kier molecular flexibility index (Phi) is 8.10. The van der Waals surface area contributed by atoms with Gasteiger partial charge in [0.15, 0.2) is 29.2 Å². The van der Waals surface area contributed by atoms with Crippen LogP contribution in [-0.2, 0) is 14.3 Å². The molecule has 1 amide bonds. The van der Waals surface area contributed by atoms with Crippen LogP contribution in [0.3, 0.4) is 0 Å². The second-order valence-electron chi connectivity index (χ2n) is 6.04. The minimum atomic E-state index is -1.15. The molecule has 0 fully saturated rings. The van der Waals surface area contributed by atoms with Gasteiger partial charge in [-0.3, -0.25) is 4.79 Å². The maximum atomic E-state index is 13.2. The third-order valence-corrected chi connectivity index (χ3v) is 3.81. The van der Waals surface area contributed by atoms with Crippen molar-refractivity contribution in [3.05, 3.63) is 72.3 Å². The topological polar surface area (TPSA) is 73.9 Å². The smallest absolute Gasteiger partial charge is 0.331 e. The zero-order valence-corrected chi connectivity index (χ0v) is 16.5. The molecule has 0 bridgehead atoms. The third-order valence-electron chi connectivity index (χ3n) is 3.81. The van der Waals surface area contributed by atoms with Gasteiger partial charge in [0.25, 0.3) is 5.91 Å². The fourth-order valence-electron chi connectivity index (χ4n) is 2.30. The predicted molar refractivity (Wildman–Crippen MR) is 108 cm³/mol. The van der Waals surface area contributed by atoms with Crippen molar-refractivity contribution in [2.45, 2.75) is 13.0 Å². The second-order valence-corrected chi connectivity index (χ2v) is 6.04. The standard InChI is InChI=1S/C22H21F2NO5/c1-4-11-29-19-9-5-15(12-20(19)28-3)6-10-21(26)30-14(2)22(27)25-16-7-8-17(23)18(24)13-16/h4-10,12-14H,1,11H2,2-3H3,(H,25,27)/b10-6+/t14-/m0/s1. The quantitative estimate of drug-likeness (QED) is 0.377. The van der Waals surface area contributed by atoms with E-state index in [0.717, 1.165) is 18.2 Å². The molecule has 1 atom stereocenters. The molecule has 0 radical (unpaired) electrons. The molecule has 6 nitrogen and oxygen atoms in total. The van der Waals surface area contributed by atoms with Crippen molar-refractivity contribution in [3.8, 4) is 11.5 Å². The molecule has 0 aromatic heterocycles. The van der Waals surface area contributed by atoms with Crippen LogP contribution in [0.2, 0.25) is 0 Å². The first-order valence-electron chi connectivity index (χ1n) is 8.90. The average Bonchev–Trinajstić information content (AvgIpc) is 2.73. The number of anilines is 1. The lowest BCUT2D eigenvalue weighted by Gasteiger charge is -2.12. The van der Waals surface area contributed by atoms with E-state index >= 15 is 0 Å². The van der Waals surface area contributed by atoms with Crippen molar-refractivity contribution >= 4 is 23.6 Å². The van der Waals surface area contributed by atoms with Crippen LogP contribution in [0.4, 0.5) is 14.5 Å². The fraction of sp³-hybridized carbons (Fsp3) is 0.182. The maximum Gasteiger partial charge on any atom is 0.331 e. The number of amides is 1. The van der Waals surface area contributed by atoms with E-state index in [0.29, 0.717) is 23.7 Å². The van der Waals surface area contributed by atoms with Crippen LogP contribution >= 0.6 is 0 Å². The van der Waals surface area contributed by atoms with E-state index in [2.05, 4.69) is 11.9 Å². The third kappa shape index (κ3) is 6.44. The first-order chi connectivity index (χ1) is 14.3. The van der Waals surface area contributed by atoms with Crippen LogP contribution in [0.25, 0.3) is 6.08 Å². The molecule has 8 heteroatoms. The Bertz CT molecular complexity index is 959. The number of carbonyl (C=O) groups is 2. The van der Waals surface area contributed by atoms with Gasteiger partial charge >= 0.3 is 5.97 Å². The molecular formula is C22H21F2NO5. The normalized spacial score (nSPS) is 11.6. The van der Waals surface area contributed by atoms with Crippen LogP contribution < -0.4 is 14.8 Å². The Morgan fingerprint density at radius 3 is 2.57 bits per heavy atom. The van der Waals surface area contributed by atoms with Crippen LogP contribution in [0.5, 0.6) is 11.5 Å². The number of carbonyl (C=O) groups excluding carboxylic acids is 2. The summed E-state index contributed by atoms with van der Waals surface area (Å²) in [6.45, 7) is 5.25. The summed E-state index contributed by atoms with van der Waals surface area (Å²) in [5.41, 5.74) is 0.692. The summed E-state index contributed by atoms with van der Waals surface area (Å²) in [6.07, 6.45) is 3.09. The van der Waals surface area contributed by atoms with Gasteiger partial charge in [-0.25, -0.2) is 13.6 Å². The van der Waals surface area contributed by atoms with Gasteiger partial charge in [-0.1, -0.05) is 18.7 Å². The number of esters is 1. The van der Waals surface area contributed by atoms with Crippen LogP contribution in [0, 0.1) is 11.6 Å². The highest BCUT2D eigenvalue weighted by molar-refractivity contribution is 5.96. The molecular weight excluding hydrogens is 396 g/mol. The molecule has 2 aromatic carbocycles. The molecule has 0 saturated carbocycles. The van der Waals surface area contributed by atoms with Gasteiger partial charge < -0.3 is 19.5 Å². The second kappa shape index (κ2) is 10.8. The summed E-state index contributed by atoms with van der Waals surface area (Å²) in [5.74, 6) is -2.57. The van der Waals surface area contributed by atoms with E-state index in [1.165, 1.54) is 26.2 Å². The largest absolute Gasteiger partial charge is 0.493 e. The molecule has 2 rings (SSSR count). The first kappa shape index (κ1) is 22.6. The zero-order chi connectivity index (χ0) is 22.1. The summed E-state index contributed by atoms with van der Waals surface area (Å²) in [4.78, 5) is 24.0. The Morgan fingerprint density at radius 1 is 1.13 bits per heavy atom.